The smallest absolute Gasteiger partial charge is 0.415 e. The number of ether oxygens (including phenoxy) is 2. The lowest BCUT2D eigenvalue weighted by Crippen LogP contribution is -2.45. The molecular formula is C23H29N2O5+. The molecule has 0 atom stereocenters. The van der Waals surface area contributed by atoms with Gasteiger partial charge in [0.05, 0.1) is 0 Å². The van der Waals surface area contributed by atoms with E-state index in [0.29, 0.717) is 17.7 Å². The molecule has 0 aliphatic rings. The van der Waals surface area contributed by atoms with Crippen LogP contribution < -0.4 is 9.30 Å². The van der Waals surface area contributed by atoms with Crippen LogP contribution in [-0.2, 0) is 22.7 Å². The van der Waals surface area contributed by atoms with E-state index in [4.69, 9.17) is 9.47 Å². The van der Waals surface area contributed by atoms with Gasteiger partial charge in [0, 0.05) is 24.6 Å². The van der Waals surface area contributed by atoms with Crippen molar-refractivity contribution >= 4 is 17.8 Å². The van der Waals surface area contributed by atoms with Gasteiger partial charge in [0.25, 0.3) is 6.73 Å². The van der Waals surface area contributed by atoms with Crippen LogP contribution >= 0.6 is 0 Å². The Morgan fingerprint density at radius 2 is 1.63 bits per heavy atom. The third kappa shape index (κ3) is 6.69. The molecule has 0 fully saturated rings. The quantitative estimate of drug-likeness (QED) is 0.376. The minimum absolute atomic E-state index is 0.0182. The van der Waals surface area contributed by atoms with Crippen LogP contribution in [0.4, 0.5) is 4.79 Å². The summed E-state index contributed by atoms with van der Waals surface area (Å²) >= 11 is 0. The van der Waals surface area contributed by atoms with Gasteiger partial charge in [-0.3, -0.25) is 4.79 Å². The van der Waals surface area contributed by atoms with Gasteiger partial charge in [0.15, 0.2) is 12.4 Å². The summed E-state index contributed by atoms with van der Waals surface area (Å²) in [4.78, 5) is 37.6. The molecule has 160 valence electrons. The molecule has 0 radical (unpaired) electrons. The highest BCUT2D eigenvalue weighted by Crippen LogP contribution is 2.14. The number of rotatable bonds is 8. The topological polar surface area (TPSA) is 76.8 Å². The van der Waals surface area contributed by atoms with E-state index in [-0.39, 0.29) is 24.6 Å². The SMILES string of the molecule is CC(=O)Cc1ccc(OC(=O)c2ccc[n+](COC(=O)N(C(C)C)C(C)C)c2)cc1. The van der Waals surface area contributed by atoms with E-state index in [2.05, 4.69) is 0 Å². The molecule has 0 N–H and O–H groups in total. The number of pyridine rings is 1. The first-order valence-corrected chi connectivity index (χ1v) is 9.92. The highest BCUT2D eigenvalue weighted by Gasteiger charge is 2.23. The minimum atomic E-state index is -0.527. The molecule has 1 amide bonds. The van der Waals surface area contributed by atoms with Gasteiger partial charge >= 0.3 is 12.1 Å². The molecule has 2 rings (SSSR count). The van der Waals surface area contributed by atoms with Crippen LogP contribution in [0, 0.1) is 0 Å². The molecule has 0 unspecified atom stereocenters. The predicted molar refractivity (Wildman–Crippen MR) is 111 cm³/mol. The van der Waals surface area contributed by atoms with Gasteiger partial charge in [-0.1, -0.05) is 12.1 Å². The predicted octanol–water partition coefficient (Wildman–Crippen LogP) is 3.54. The van der Waals surface area contributed by atoms with Crippen LogP contribution in [0.2, 0.25) is 0 Å². The summed E-state index contributed by atoms with van der Waals surface area (Å²) in [6.07, 6.45) is 3.20. The van der Waals surface area contributed by atoms with Crippen molar-refractivity contribution in [3.63, 3.8) is 0 Å². The molecule has 1 aromatic heterocycles. The van der Waals surface area contributed by atoms with Crippen molar-refractivity contribution in [3.05, 3.63) is 59.9 Å². The zero-order chi connectivity index (χ0) is 22.3. The van der Waals surface area contributed by atoms with E-state index in [1.165, 1.54) is 6.92 Å². The summed E-state index contributed by atoms with van der Waals surface area (Å²) in [5.41, 5.74) is 1.18. The molecule has 1 heterocycles. The number of carbonyl (C=O) groups is 3. The summed E-state index contributed by atoms with van der Waals surface area (Å²) < 4.78 is 12.4. The van der Waals surface area contributed by atoms with E-state index in [9.17, 15) is 14.4 Å². The van der Waals surface area contributed by atoms with E-state index in [0.717, 1.165) is 5.56 Å². The van der Waals surface area contributed by atoms with Crippen LogP contribution in [0.25, 0.3) is 0 Å². The Morgan fingerprint density at radius 3 is 2.20 bits per heavy atom. The maximum absolute atomic E-state index is 12.4. The first-order chi connectivity index (χ1) is 14.2. The van der Waals surface area contributed by atoms with Crippen molar-refractivity contribution in [1.82, 2.24) is 4.90 Å². The fourth-order valence-electron chi connectivity index (χ4n) is 3.07. The number of benzene rings is 1. The number of hydrogen-bond donors (Lipinski definition) is 0. The second-order valence-electron chi connectivity index (χ2n) is 7.65. The summed E-state index contributed by atoms with van der Waals surface area (Å²) in [5.74, 6) is -0.0705. The molecule has 7 nitrogen and oxygen atoms in total. The highest BCUT2D eigenvalue weighted by atomic mass is 16.6. The Morgan fingerprint density at radius 1 is 1.00 bits per heavy atom. The zero-order valence-electron chi connectivity index (χ0n) is 18.1. The summed E-state index contributed by atoms with van der Waals surface area (Å²) in [6.45, 7) is 9.22. The molecule has 1 aromatic carbocycles. The highest BCUT2D eigenvalue weighted by molar-refractivity contribution is 5.90. The maximum Gasteiger partial charge on any atom is 0.415 e. The van der Waals surface area contributed by atoms with Crippen molar-refractivity contribution < 1.29 is 28.4 Å². The van der Waals surface area contributed by atoms with Gasteiger partial charge in [-0.05, 0) is 58.4 Å². The van der Waals surface area contributed by atoms with Crippen molar-refractivity contribution in [2.24, 2.45) is 0 Å². The number of nitrogens with zero attached hydrogens (tertiary/aromatic N) is 2. The monoisotopic (exact) mass is 413 g/mol. The van der Waals surface area contributed by atoms with Crippen molar-refractivity contribution in [3.8, 4) is 5.75 Å². The lowest BCUT2D eigenvalue weighted by atomic mass is 10.1. The zero-order valence-corrected chi connectivity index (χ0v) is 18.1. The normalized spacial score (nSPS) is 10.8. The number of ketones is 1. The van der Waals surface area contributed by atoms with Crippen LogP contribution in [0.1, 0.15) is 50.5 Å². The number of hydrogen-bond acceptors (Lipinski definition) is 5. The maximum atomic E-state index is 12.4. The van der Waals surface area contributed by atoms with Crippen LogP contribution in [0.3, 0.4) is 0 Å². The number of amides is 1. The fraction of sp³-hybridized carbons (Fsp3) is 0.391. The van der Waals surface area contributed by atoms with Crippen LogP contribution in [-0.4, -0.2) is 34.8 Å². The van der Waals surface area contributed by atoms with Crippen molar-refractivity contribution in [2.45, 2.75) is 59.9 Å². The second kappa shape index (κ2) is 10.5. The molecule has 0 saturated heterocycles. The van der Waals surface area contributed by atoms with Gasteiger partial charge in [-0.25, -0.2) is 9.59 Å². The molecule has 7 heteroatoms. The molecule has 0 aliphatic carbocycles. The summed E-state index contributed by atoms with van der Waals surface area (Å²) in [7, 11) is 0. The van der Waals surface area contributed by atoms with E-state index in [1.807, 2.05) is 27.7 Å². The molecule has 30 heavy (non-hydrogen) atoms. The van der Waals surface area contributed by atoms with Gasteiger partial charge in [-0.2, -0.15) is 4.57 Å². The summed E-state index contributed by atoms with van der Waals surface area (Å²) in [6, 6.07) is 10.2. The lowest BCUT2D eigenvalue weighted by molar-refractivity contribution is -0.727. The Kier molecular flexibility index (Phi) is 8.09. The van der Waals surface area contributed by atoms with Crippen LogP contribution in [0.5, 0.6) is 5.75 Å². The van der Waals surface area contributed by atoms with Gasteiger partial charge in [-0.15, -0.1) is 0 Å². The average molecular weight is 413 g/mol. The van der Waals surface area contributed by atoms with Gasteiger partial charge in [0.2, 0.25) is 0 Å². The number of carbonyl (C=O) groups excluding carboxylic acids is 3. The number of Topliss-reactive ketones (excluding diaryl/α,β-unsaturated/α-hetero) is 1. The number of aromatic nitrogens is 1. The van der Waals surface area contributed by atoms with E-state index < -0.39 is 12.1 Å². The third-order valence-corrected chi connectivity index (χ3v) is 4.34. The van der Waals surface area contributed by atoms with Crippen molar-refractivity contribution in [2.75, 3.05) is 0 Å². The minimum Gasteiger partial charge on any atom is -0.423 e. The van der Waals surface area contributed by atoms with Crippen molar-refractivity contribution in [1.29, 1.82) is 0 Å². The standard InChI is InChI=1S/C23H29N2O5/c1-16(2)25(17(3)4)23(28)29-15-24-12-6-7-20(14-24)22(27)30-21-10-8-19(9-11-21)13-18(5)26/h6-12,14,16-17H,13,15H2,1-5H3/q+1. The van der Waals surface area contributed by atoms with E-state index >= 15 is 0 Å². The molecule has 2 aromatic rings. The van der Waals surface area contributed by atoms with Crippen LogP contribution in [0.15, 0.2) is 48.8 Å². The molecule has 0 saturated carbocycles. The summed E-state index contributed by atoms with van der Waals surface area (Å²) in [5, 5.41) is 0. The van der Waals surface area contributed by atoms with Gasteiger partial charge < -0.3 is 14.4 Å². The molecule has 0 bridgehead atoms. The first kappa shape index (κ1) is 23.1. The second-order valence-corrected chi connectivity index (χ2v) is 7.65. The largest absolute Gasteiger partial charge is 0.423 e. The Hall–Kier alpha value is -3.22. The molecular weight excluding hydrogens is 384 g/mol. The van der Waals surface area contributed by atoms with E-state index in [1.54, 1.807) is 58.3 Å². The Bertz CT molecular complexity index is 883. The fourth-order valence-corrected chi connectivity index (χ4v) is 3.07. The Labute approximate surface area is 177 Å². The average Bonchev–Trinajstić information content (AvgIpc) is 2.67. The Balaban J connectivity index is 1.99. The van der Waals surface area contributed by atoms with Gasteiger partial charge in [0.1, 0.15) is 17.1 Å². The molecule has 0 spiro atoms. The molecule has 0 aliphatic heterocycles. The lowest BCUT2D eigenvalue weighted by Gasteiger charge is -2.28. The first-order valence-electron chi connectivity index (χ1n) is 9.92. The third-order valence-electron chi connectivity index (χ3n) is 4.34. The number of esters is 1.